The molecule has 0 spiro atoms. The Balaban J connectivity index is 4.32. The molecule has 4 N–H and O–H groups in total. The maximum atomic E-state index is 12.3. The molecule has 0 aliphatic carbocycles. The molecule has 21 heavy (non-hydrogen) atoms. The first-order valence-electron chi connectivity index (χ1n) is 8.35. The Morgan fingerprint density at radius 2 is 1.38 bits per heavy atom. The normalized spacial score (nSPS) is 12.1. The molecule has 1 atom stereocenters. The van der Waals surface area contributed by atoms with Gasteiger partial charge in [-0.05, 0) is 12.8 Å². The highest BCUT2D eigenvalue weighted by atomic mass is 16.2. The molecule has 0 bridgehead atoms. The van der Waals surface area contributed by atoms with Crippen LogP contribution >= 0.6 is 0 Å². The van der Waals surface area contributed by atoms with E-state index in [-0.39, 0.29) is 12.3 Å². The highest BCUT2D eigenvalue weighted by Crippen LogP contribution is 2.07. The van der Waals surface area contributed by atoms with Crippen LogP contribution in [0.2, 0.25) is 0 Å². The molecule has 0 radical (unpaired) electrons. The average Bonchev–Trinajstić information content (AvgIpc) is 2.44. The van der Waals surface area contributed by atoms with Crippen LogP contribution in [0.15, 0.2) is 0 Å². The Hall–Kier alpha value is -1.10. The molecule has 1 unspecified atom stereocenters. The van der Waals surface area contributed by atoms with Crippen LogP contribution in [-0.2, 0) is 9.59 Å². The van der Waals surface area contributed by atoms with Crippen LogP contribution in [0.4, 0.5) is 0 Å². The first-order valence-corrected chi connectivity index (χ1v) is 8.35. The molecule has 0 aromatic rings. The second-order valence-electron chi connectivity index (χ2n) is 5.72. The van der Waals surface area contributed by atoms with Gasteiger partial charge in [0, 0.05) is 13.1 Å². The van der Waals surface area contributed by atoms with Crippen molar-refractivity contribution in [2.24, 2.45) is 11.5 Å². The van der Waals surface area contributed by atoms with Crippen LogP contribution in [0.25, 0.3) is 0 Å². The summed E-state index contributed by atoms with van der Waals surface area (Å²) in [5.74, 6) is -0.658. The lowest BCUT2D eigenvalue weighted by Gasteiger charge is -2.25. The average molecular weight is 299 g/mol. The molecule has 0 rings (SSSR count). The van der Waals surface area contributed by atoms with Gasteiger partial charge in [0.1, 0.15) is 0 Å². The summed E-state index contributed by atoms with van der Waals surface area (Å²) < 4.78 is 0. The zero-order valence-corrected chi connectivity index (χ0v) is 13.8. The number of hydrogen-bond acceptors (Lipinski definition) is 3. The van der Waals surface area contributed by atoms with E-state index in [4.69, 9.17) is 11.5 Å². The van der Waals surface area contributed by atoms with Gasteiger partial charge < -0.3 is 16.4 Å². The number of nitrogens with zero attached hydrogens (tertiary/aromatic N) is 1. The Morgan fingerprint density at radius 1 is 0.905 bits per heavy atom. The predicted molar refractivity (Wildman–Crippen MR) is 86.7 cm³/mol. The van der Waals surface area contributed by atoms with Crippen LogP contribution in [0.5, 0.6) is 0 Å². The summed E-state index contributed by atoms with van der Waals surface area (Å²) in [4.78, 5) is 25.0. The number of primary amides is 1. The van der Waals surface area contributed by atoms with Crippen LogP contribution in [0.3, 0.4) is 0 Å². The maximum Gasteiger partial charge on any atom is 0.240 e. The van der Waals surface area contributed by atoms with E-state index in [1.54, 1.807) is 0 Å². The number of rotatable bonds is 13. The first-order chi connectivity index (χ1) is 10.0. The fourth-order valence-corrected chi connectivity index (χ4v) is 2.33. The Bertz CT molecular complexity index is 283. The van der Waals surface area contributed by atoms with Gasteiger partial charge in [-0.2, -0.15) is 0 Å². The number of unbranched alkanes of at least 4 members (excludes halogenated alkanes) is 6. The molecule has 0 heterocycles. The van der Waals surface area contributed by atoms with E-state index in [9.17, 15) is 9.59 Å². The first kappa shape index (κ1) is 19.9. The van der Waals surface area contributed by atoms with Crippen LogP contribution < -0.4 is 11.5 Å². The van der Waals surface area contributed by atoms with Gasteiger partial charge >= 0.3 is 0 Å². The highest BCUT2D eigenvalue weighted by molar-refractivity contribution is 5.87. The summed E-state index contributed by atoms with van der Waals surface area (Å²) in [6, 6.07) is -0.792. The SMILES string of the molecule is CCCCCCN(CCCCCC)C(=O)C(N)CC(N)=O. The molecule has 0 aromatic heterocycles. The summed E-state index contributed by atoms with van der Waals surface area (Å²) in [5.41, 5.74) is 10.9. The van der Waals surface area contributed by atoms with Crippen molar-refractivity contribution in [1.29, 1.82) is 0 Å². The number of amides is 2. The van der Waals surface area contributed by atoms with Crippen molar-refractivity contribution < 1.29 is 9.59 Å². The van der Waals surface area contributed by atoms with E-state index in [1.807, 2.05) is 4.90 Å². The van der Waals surface area contributed by atoms with Gasteiger partial charge in [-0.1, -0.05) is 52.4 Å². The molecule has 0 aromatic carbocycles. The van der Waals surface area contributed by atoms with E-state index in [0.29, 0.717) is 0 Å². The van der Waals surface area contributed by atoms with Crippen molar-refractivity contribution >= 4 is 11.8 Å². The van der Waals surface area contributed by atoms with E-state index in [2.05, 4.69) is 13.8 Å². The van der Waals surface area contributed by atoms with E-state index < -0.39 is 11.9 Å². The molecule has 0 aliphatic rings. The number of carbonyl (C=O) groups excluding carboxylic acids is 2. The zero-order valence-electron chi connectivity index (χ0n) is 13.8. The molecular formula is C16H33N3O2. The summed E-state index contributed by atoms with van der Waals surface area (Å²) in [6.07, 6.45) is 8.89. The molecule has 0 fully saturated rings. The molecule has 0 saturated carbocycles. The van der Waals surface area contributed by atoms with Crippen molar-refractivity contribution in [1.82, 2.24) is 4.90 Å². The van der Waals surface area contributed by atoms with Gasteiger partial charge in [0.25, 0.3) is 0 Å². The van der Waals surface area contributed by atoms with Gasteiger partial charge in [-0.3, -0.25) is 9.59 Å². The topological polar surface area (TPSA) is 89.4 Å². The van der Waals surface area contributed by atoms with Gasteiger partial charge in [-0.25, -0.2) is 0 Å². The highest BCUT2D eigenvalue weighted by Gasteiger charge is 2.21. The zero-order chi connectivity index (χ0) is 16.1. The van der Waals surface area contributed by atoms with E-state index >= 15 is 0 Å². The Kier molecular flexibility index (Phi) is 12.0. The molecule has 5 heteroatoms. The third kappa shape index (κ3) is 10.3. The molecule has 0 saturated heterocycles. The van der Waals surface area contributed by atoms with Crippen molar-refractivity contribution in [3.05, 3.63) is 0 Å². The number of nitrogens with two attached hydrogens (primary N) is 2. The van der Waals surface area contributed by atoms with Crippen molar-refractivity contribution in [3.63, 3.8) is 0 Å². The Morgan fingerprint density at radius 3 is 1.76 bits per heavy atom. The summed E-state index contributed by atoms with van der Waals surface area (Å²) in [5, 5.41) is 0. The fraction of sp³-hybridized carbons (Fsp3) is 0.875. The largest absolute Gasteiger partial charge is 0.370 e. The third-order valence-electron chi connectivity index (χ3n) is 3.61. The van der Waals surface area contributed by atoms with Gasteiger partial charge in [-0.15, -0.1) is 0 Å². The Labute approximate surface area is 129 Å². The lowest BCUT2D eigenvalue weighted by molar-refractivity contribution is -0.134. The molecule has 5 nitrogen and oxygen atoms in total. The lowest BCUT2D eigenvalue weighted by atomic mass is 10.1. The van der Waals surface area contributed by atoms with Crippen molar-refractivity contribution in [2.45, 2.75) is 77.7 Å². The van der Waals surface area contributed by atoms with Crippen LogP contribution in [-0.4, -0.2) is 35.8 Å². The summed E-state index contributed by atoms with van der Waals surface area (Å²) >= 11 is 0. The predicted octanol–water partition coefficient (Wildman–Crippen LogP) is 2.18. The molecular weight excluding hydrogens is 266 g/mol. The fourth-order valence-electron chi connectivity index (χ4n) is 2.33. The summed E-state index contributed by atoms with van der Waals surface area (Å²) in [7, 11) is 0. The van der Waals surface area contributed by atoms with Crippen molar-refractivity contribution in [2.75, 3.05) is 13.1 Å². The second kappa shape index (κ2) is 12.6. The van der Waals surface area contributed by atoms with Crippen LogP contribution in [0, 0.1) is 0 Å². The maximum absolute atomic E-state index is 12.3. The number of carbonyl (C=O) groups is 2. The van der Waals surface area contributed by atoms with E-state index in [0.717, 1.165) is 38.8 Å². The molecule has 2 amide bonds. The minimum Gasteiger partial charge on any atom is -0.370 e. The quantitative estimate of drug-likeness (QED) is 0.511. The van der Waals surface area contributed by atoms with Crippen LogP contribution in [0.1, 0.15) is 71.6 Å². The van der Waals surface area contributed by atoms with Gasteiger partial charge in [0.2, 0.25) is 11.8 Å². The lowest BCUT2D eigenvalue weighted by Crippen LogP contribution is -2.46. The van der Waals surface area contributed by atoms with E-state index in [1.165, 1.54) is 25.7 Å². The summed E-state index contributed by atoms with van der Waals surface area (Å²) in [6.45, 7) is 5.79. The van der Waals surface area contributed by atoms with Gasteiger partial charge in [0.05, 0.1) is 12.5 Å². The smallest absolute Gasteiger partial charge is 0.240 e. The molecule has 0 aliphatic heterocycles. The second-order valence-corrected chi connectivity index (χ2v) is 5.72. The van der Waals surface area contributed by atoms with Crippen molar-refractivity contribution in [3.8, 4) is 0 Å². The van der Waals surface area contributed by atoms with Gasteiger partial charge in [0.15, 0.2) is 0 Å². The number of hydrogen-bond donors (Lipinski definition) is 2. The minimum atomic E-state index is -0.792. The monoisotopic (exact) mass is 299 g/mol. The minimum absolute atomic E-state index is 0.0702. The molecule has 124 valence electrons. The third-order valence-corrected chi connectivity index (χ3v) is 3.61. The standard InChI is InChI=1S/C16H33N3O2/c1-3-5-7-9-11-19(12-10-8-6-4-2)16(21)14(17)13-15(18)20/h14H,3-13,17H2,1-2H3,(H2,18,20).